The Kier molecular flexibility index (Phi) is 2.84. The third-order valence-electron chi connectivity index (χ3n) is 3.88. The van der Waals surface area contributed by atoms with Gasteiger partial charge in [0.05, 0.1) is 21.6 Å². The number of rotatable bonds is 2. The standard InChI is InChI=1S/C17H12N2O2S/c1-2-13(20)18-11-7-3-5-9-14(11)17(21)10-6-4-8-12-15(10)16(9)19-22-12/h3-8H,2H2,1H3,(H,18,20). The maximum absolute atomic E-state index is 12.9. The van der Waals surface area contributed by atoms with Crippen molar-refractivity contribution in [3.05, 3.63) is 47.5 Å². The first-order valence-electron chi connectivity index (χ1n) is 7.07. The second kappa shape index (κ2) is 4.74. The van der Waals surface area contributed by atoms with Crippen LogP contribution in [0.4, 0.5) is 5.69 Å². The van der Waals surface area contributed by atoms with Gasteiger partial charge < -0.3 is 5.32 Å². The highest BCUT2D eigenvalue weighted by molar-refractivity contribution is 7.13. The van der Waals surface area contributed by atoms with Crippen molar-refractivity contribution in [2.75, 3.05) is 5.32 Å². The third-order valence-corrected chi connectivity index (χ3v) is 4.70. The highest BCUT2D eigenvalue weighted by atomic mass is 32.1. The van der Waals surface area contributed by atoms with Crippen molar-refractivity contribution in [3.63, 3.8) is 0 Å². The van der Waals surface area contributed by atoms with Crippen molar-refractivity contribution in [3.8, 4) is 11.3 Å². The number of hydrogen-bond donors (Lipinski definition) is 1. The van der Waals surface area contributed by atoms with Crippen molar-refractivity contribution in [2.45, 2.75) is 13.3 Å². The first kappa shape index (κ1) is 13.2. The van der Waals surface area contributed by atoms with Crippen molar-refractivity contribution in [1.29, 1.82) is 0 Å². The smallest absolute Gasteiger partial charge is 0.224 e. The summed E-state index contributed by atoms with van der Waals surface area (Å²) in [7, 11) is 0. The number of nitrogens with zero attached hydrogens (tertiary/aromatic N) is 1. The van der Waals surface area contributed by atoms with E-state index in [9.17, 15) is 9.59 Å². The number of aromatic nitrogens is 1. The molecular formula is C17H12N2O2S. The Morgan fingerprint density at radius 1 is 1.18 bits per heavy atom. The normalized spacial score (nSPS) is 12.3. The molecule has 1 aliphatic rings. The zero-order valence-electron chi connectivity index (χ0n) is 11.8. The summed E-state index contributed by atoms with van der Waals surface area (Å²) in [6.45, 7) is 1.78. The summed E-state index contributed by atoms with van der Waals surface area (Å²) in [5.41, 5.74) is 3.38. The van der Waals surface area contributed by atoms with Crippen LogP contribution in [-0.4, -0.2) is 16.1 Å². The molecule has 1 heterocycles. The molecule has 0 aliphatic heterocycles. The third kappa shape index (κ3) is 1.72. The fourth-order valence-corrected chi connectivity index (χ4v) is 3.65. The topological polar surface area (TPSA) is 59.1 Å². The van der Waals surface area contributed by atoms with E-state index < -0.39 is 0 Å². The number of ketones is 1. The van der Waals surface area contributed by atoms with E-state index in [1.54, 1.807) is 13.0 Å². The molecule has 1 N–H and O–H groups in total. The Bertz CT molecular complexity index is 943. The van der Waals surface area contributed by atoms with Crippen LogP contribution in [0.2, 0.25) is 0 Å². The molecule has 1 aliphatic carbocycles. The van der Waals surface area contributed by atoms with Gasteiger partial charge in [0.2, 0.25) is 5.91 Å². The van der Waals surface area contributed by atoms with Crippen LogP contribution in [0.5, 0.6) is 0 Å². The van der Waals surface area contributed by atoms with Crippen LogP contribution >= 0.6 is 11.5 Å². The van der Waals surface area contributed by atoms with Gasteiger partial charge in [-0.3, -0.25) is 9.59 Å². The lowest BCUT2D eigenvalue weighted by molar-refractivity contribution is -0.115. The molecule has 108 valence electrons. The largest absolute Gasteiger partial charge is 0.325 e. The van der Waals surface area contributed by atoms with Crippen LogP contribution in [0.25, 0.3) is 21.3 Å². The first-order chi connectivity index (χ1) is 10.7. The molecule has 4 rings (SSSR count). The molecule has 5 heteroatoms. The Morgan fingerprint density at radius 2 is 1.95 bits per heavy atom. The minimum Gasteiger partial charge on any atom is -0.325 e. The summed E-state index contributed by atoms with van der Waals surface area (Å²) >= 11 is 1.39. The predicted molar refractivity (Wildman–Crippen MR) is 87.4 cm³/mol. The van der Waals surface area contributed by atoms with Gasteiger partial charge in [0.1, 0.15) is 0 Å². The summed E-state index contributed by atoms with van der Waals surface area (Å²) in [5.74, 6) is -0.163. The molecule has 2 aromatic carbocycles. The van der Waals surface area contributed by atoms with E-state index >= 15 is 0 Å². The summed E-state index contributed by atoms with van der Waals surface area (Å²) < 4.78 is 5.53. The Hall–Kier alpha value is -2.53. The Balaban J connectivity index is 2.01. The number of hydrogen-bond acceptors (Lipinski definition) is 4. The maximum atomic E-state index is 12.9. The Morgan fingerprint density at radius 3 is 2.77 bits per heavy atom. The van der Waals surface area contributed by atoms with E-state index in [1.165, 1.54) is 11.5 Å². The van der Waals surface area contributed by atoms with Crippen molar-refractivity contribution in [1.82, 2.24) is 4.37 Å². The van der Waals surface area contributed by atoms with Crippen LogP contribution in [0.3, 0.4) is 0 Å². The van der Waals surface area contributed by atoms with E-state index in [2.05, 4.69) is 9.69 Å². The zero-order valence-corrected chi connectivity index (χ0v) is 12.7. The number of carbonyl (C=O) groups is 2. The number of amides is 1. The highest BCUT2D eigenvalue weighted by Crippen LogP contribution is 2.42. The van der Waals surface area contributed by atoms with E-state index in [0.717, 1.165) is 21.3 Å². The molecule has 22 heavy (non-hydrogen) atoms. The van der Waals surface area contributed by atoms with Crippen LogP contribution in [0, 0.1) is 0 Å². The lowest BCUT2D eigenvalue weighted by Gasteiger charge is -2.18. The fourth-order valence-electron chi connectivity index (χ4n) is 2.84. The second-order valence-corrected chi connectivity index (χ2v) is 5.97. The lowest BCUT2D eigenvalue weighted by atomic mass is 9.86. The van der Waals surface area contributed by atoms with E-state index in [-0.39, 0.29) is 11.7 Å². The van der Waals surface area contributed by atoms with Gasteiger partial charge in [0, 0.05) is 22.9 Å². The fraction of sp³-hybridized carbons (Fsp3) is 0.118. The molecule has 0 saturated heterocycles. The molecule has 3 aromatic rings. The number of fused-ring (bicyclic) bond motifs is 2. The summed E-state index contributed by atoms with van der Waals surface area (Å²) in [4.78, 5) is 24.6. The van der Waals surface area contributed by atoms with Crippen molar-refractivity contribution in [2.24, 2.45) is 0 Å². The monoisotopic (exact) mass is 308 g/mol. The average molecular weight is 308 g/mol. The maximum Gasteiger partial charge on any atom is 0.224 e. The summed E-state index contributed by atoms with van der Waals surface area (Å²) in [5, 5.41) is 3.74. The van der Waals surface area contributed by atoms with Crippen LogP contribution in [-0.2, 0) is 4.79 Å². The minimum absolute atomic E-state index is 0.0553. The molecule has 4 nitrogen and oxygen atoms in total. The molecule has 0 bridgehead atoms. The summed E-state index contributed by atoms with van der Waals surface area (Å²) in [6, 6.07) is 11.2. The Labute approximate surface area is 130 Å². The highest BCUT2D eigenvalue weighted by Gasteiger charge is 2.29. The number of anilines is 1. The van der Waals surface area contributed by atoms with Gasteiger partial charge in [-0.2, -0.15) is 4.37 Å². The molecule has 0 spiro atoms. The van der Waals surface area contributed by atoms with Crippen LogP contribution in [0.15, 0.2) is 36.4 Å². The predicted octanol–water partition coefficient (Wildman–Crippen LogP) is 3.86. The SMILES string of the molecule is CCC(=O)Nc1cccc2c1C(=O)c1cccc3snc-2c13. The minimum atomic E-state index is -0.108. The van der Waals surface area contributed by atoms with E-state index in [0.29, 0.717) is 23.2 Å². The molecule has 1 aromatic heterocycles. The quantitative estimate of drug-likeness (QED) is 0.612. The van der Waals surface area contributed by atoms with Crippen molar-refractivity contribution >= 4 is 39.0 Å². The average Bonchev–Trinajstić information content (AvgIpc) is 2.97. The second-order valence-electron chi connectivity index (χ2n) is 5.17. The van der Waals surface area contributed by atoms with Gasteiger partial charge in [0.15, 0.2) is 5.78 Å². The van der Waals surface area contributed by atoms with Crippen LogP contribution < -0.4 is 5.32 Å². The first-order valence-corrected chi connectivity index (χ1v) is 7.84. The van der Waals surface area contributed by atoms with Gasteiger partial charge in [-0.25, -0.2) is 0 Å². The van der Waals surface area contributed by atoms with E-state index in [4.69, 9.17) is 0 Å². The number of carbonyl (C=O) groups excluding carboxylic acids is 2. The number of nitrogens with one attached hydrogen (secondary N) is 1. The summed E-state index contributed by atoms with van der Waals surface area (Å²) in [6.07, 6.45) is 0.370. The molecule has 1 amide bonds. The van der Waals surface area contributed by atoms with Gasteiger partial charge >= 0.3 is 0 Å². The van der Waals surface area contributed by atoms with Gasteiger partial charge in [-0.1, -0.05) is 31.2 Å². The van der Waals surface area contributed by atoms with Gasteiger partial charge in [-0.15, -0.1) is 0 Å². The number of benzene rings is 2. The lowest BCUT2D eigenvalue weighted by Crippen LogP contribution is -2.16. The van der Waals surface area contributed by atoms with Crippen molar-refractivity contribution < 1.29 is 9.59 Å². The van der Waals surface area contributed by atoms with E-state index in [1.807, 2.05) is 30.3 Å². The molecule has 0 fully saturated rings. The zero-order chi connectivity index (χ0) is 15.3. The molecule has 0 saturated carbocycles. The van der Waals surface area contributed by atoms with Gasteiger partial charge in [-0.05, 0) is 23.7 Å². The van der Waals surface area contributed by atoms with Gasteiger partial charge in [0.25, 0.3) is 0 Å². The molecule has 0 atom stereocenters. The molecule has 0 unspecified atom stereocenters. The van der Waals surface area contributed by atoms with Crippen LogP contribution in [0.1, 0.15) is 29.3 Å². The molecule has 0 radical (unpaired) electrons. The molecular weight excluding hydrogens is 296 g/mol.